The van der Waals surface area contributed by atoms with Crippen molar-refractivity contribution in [1.82, 2.24) is 4.72 Å². The zero-order chi connectivity index (χ0) is 17.6. The van der Waals surface area contributed by atoms with Gasteiger partial charge >= 0.3 is 0 Å². The first-order valence-electron chi connectivity index (χ1n) is 6.95. The molecule has 7 heteroatoms. The quantitative estimate of drug-likeness (QED) is 0.794. The van der Waals surface area contributed by atoms with Crippen molar-refractivity contribution in [1.29, 1.82) is 0 Å². The molecule has 0 aliphatic carbocycles. The van der Waals surface area contributed by atoms with E-state index in [1.54, 1.807) is 42.5 Å². The van der Waals surface area contributed by atoms with Gasteiger partial charge in [0.25, 0.3) is 0 Å². The van der Waals surface area contributed by atoms with Crippen LogP contribution in [0.1, 0.15) is 15.9 Å². The second kappa shape index (κ2) is 7.64. The Bertz CT molecular complexity index is 894. The van der Waals surface area contributed by atoms with Crippen LogP contribution in [-0.4, -0.2) is 28.0 Å². The van der Waals surface area contributed by atoms with Gasteiger partial charge in [-0.1, -0.05) is 24.0 Å². The number of benzene rings is 2. The van der Waals surface area contributed by atoms with Crippen LogP contribution in [0.15, 0.2) is 53.4 Å². The highest BCUT2D eigenvalue weighted by Crippen LogP contribution is 2.22. The van der Waals surface area contributed by atoms with E-state index in [0.29, 0.717) is 11.1 Å². The van der Waals surface area contributed by atoms with Crippen molar-refractivity contribution in [2.24, 2.45) is 5.73 Å². The molecule has 2 aromatic rings. The Morgan fingerprint density at radius 1 is 1.17 bits per heavy atom. The van der Waals surface area contributed by atoms with Crippen LogP contribution in [0.5, 0.6) is 5.75 Å². The largest absolute Gasteiger partial charge is 0.495 e. The number of sulfonamides is 1. The molecule has 0 atom stereocenters. The van der Waals surface area contributed by atoms with Gasteiger partial charge in [-0.25, -0.2) is 8.42 Å². The van der Waals surface area contributed by atoms with Gasteiger partial charge in [-0.2, -0.15) is 4.72 Å². The molecule has 0 spiro atoms. The van der Waals surface area contributed by atoms with Crippen molar-refractivity contribution >= 4 is 15.9 Å². The van der Waals surface area contributed by atoms with Gasteiger partial charge in [0, 0.05) is 11.1 Å². The average molecular weight is 344 g/mol. The number of nitrogens with two attached hydrogens (primary N) is 1. The summed E-state index contributed by atoms with van der Waals surface area (Å²) in [6.07, 6.45) is 0. The summed E-state index contributed by atoms with van der Waals surface area (Å²) in [5.74, 6) is 5.27. The number of para-hydroxylation sites is 1. The zero-order valence-corrected chi connectivity index (χ0v) is 13.8. The third-order valence-electron chi connectivity index (χ3n) is 3.11. The summed E-state index contributed by atoms with van der Waals surface area (Å²) in [5.41, 5.74) is 6.19. The third-order valence-corrected chi connectivity index (χ3v) is 4.55. The monoisotopic (exact) mass is 344 g/mol. The molecule has 0 aliphatic heterocycles. The number of rotatable bonds is 5. The standard InChI is InChI=1S/C17H16N2O4S/c1-23-15-6-2-3-7-16(15)24(21,22)19-12-4-5-13-8-10-14(11-9-13)17(18)20/h2-3,6-11,19H,12H2,1H3,(H2,18,20). The maximum absolute atomic E-state index is 12.2. The lowest BCUT2D eigenvalue weighted by atomic mass is 10.1. The van der Waals surface area contributed by atoms with Gasteiger partial charge in [0.2, 0.25) is 15.9 Å². The maximum atomic E-state index is 12.2. The van der Waals surface area contributed by atoms with E-state index in [1.807, 2.05) is 0 Å². The van der Waals surface area contributed by atoms with Gasteiger partial charge in [-0.15, -0.1) is 0 Å². The first-order chi connectivity index (χ1) is 11.4. The van der Waals surface area contributed by atoms with Crippen LogP contribution in [0.3, 0.4) is 0 Å². The molecule has 24 heavy (non-hydrogen) atoms. The number of carbonyl (C=O) groups excluding carboxylic acids is 1. The minimum atomic E-state index is -3.71. The number of hydrogen-bond acceptors (Lipinski definition) is 4. The highest BCUT2D eigenvalue weighted by atomic mass is 32.2. The Kier molecular flexibility index (Phi) is 5.58. The molecule has 6 nitrogen and oxygen atoms in total. The Morgan fingerprint density at radius 2 is 1.83 bits per heavy atom. The van der Waals surface area contributed by atoms with Gasteiger partial charge in [-0.3, -0.25) is 4.79 Å². The molecule has 124 valence electrons. The summed E-state index contributed by atoms with van der Waals surface area (Å²) in [6.45, 7) is -0.0576. The van der Waals surface area contributed by atoms with E-state index in [4.69, 9.17) is 10.5 Å². The van der Waals surface area contributed by atoms with Crippen molar-refractivity contribution < 1.29 is 17.9 Å². The van der Waals surface area contributed by atoms with Gasteiger partial charge < -0.3 is 10.5 Å². The van der Waals surface area contributed by atoms with Crippen molar-refractivity contribution in [3.8, 4) is 17.6 Å². The van der Waals surface area contributed by atoms with E-state index < -0.39 is 15.9 Å². The summed E-state index contributed by atoms with van der Waals surface area (Å²) in [5, 5.41) is 0. The molecular formula is C17H16N2O4S. The van der Waals surface area contributed by atoms with E-state index >= 15 is 0 Å². The van der Waals surface area contributed by atoms with Gasteiger partial charge in [0.05, 0.1) is 13.7 Å². The fourth-order valence-electron chi connectivity index (χ4n) is 1.91. The minimum absolute atomic E-state index is 0.0557. The minimum Gasteiger partial charge on any atom is -0.495 e. The van der Waals surface area contributed by atoms with Crippen molar-refractivity contribution in [2.75, 3.05) is 13.7 Å². The normalized spacial score (nSPS) is 10.5. The van der Waals surface area contributed by atoms with Crippen LogP contribution in [0, 0.1) is 11.8 Å². The molecular weight excluding hydrogens is 328 g/mol. The van der Waals surface area contributed by atoms with Crippen LogP contribution < -0.4 is 15.2 Å². The topological polar surface area (TPSA) is 98.5 Å². The molecule has 0 radical (unpaired) electrons. The Balaban J connectivity index is 2.05. The second-order valence-electron chi connectivity index (χ2n) is 4.72. The van der Waals surface area contributed by atoms with Gasteiger partial charge in [-0.05, 0) is 36.4 Å². The van der Waals surface area contributed by atoms with Crippen LogP contribution in [0.4, 0.5) is 0 Å². The molecule has 0 bridgehead atoms. The first kappa shape index (κ1) is 17.5. The SMILES string of the molecule is COc1ccccc1S(=O)(=O)NCC#Cc1ccc(C(N)=O)cc1. The Labute approximate surface area is 140 Å². The molecule has 2 aromatic carbocycles. The average Bonchev–Trinajstić information content (AvgIpc) is 2.59. The van der Waals surface area contributed by atoms with E-state index in [0.717, 1.165) is 0 Å². The molecule has 0 saturated carbocycles. The summed E-state index contributed by atoms with van der Waals surface area (Å²) >= 11 is 0. The predicted molar refractivity (Wildman–Crippen MR) is 90.0 cm³/mol. The number of nitrogens with one attached hydrogen (secondary N) is 1. The fraction of sp³-hybridized carbons (Fsp3) is 0.118. The number of amides is 1. The fourth-order valence-corrected chi connectivity index (χ4v) is 3.01. The van der Waals surface area contributed by atoms with Crippen molar-refractivity contribution in [2.45, 2.75) is 4.90 Å². The number of carbonyl (C=O) groups is 1. The number of hydrogen-bond donors (Lipinski definition) is 2. The van der Waals surface area contributed by atoms with Crippen LogP contribution >= 0.6 is 0 Å². The molecule has 0 unspecified atom stereocenters. The van der Waals surface area contributed by atoms with Crippen molar-refractivity contribution in [3.05, 3.63) is 59.7 Å². The van der Waals surface area contributed by atoms with E-state index in [9.17, 15) is 13.2 Å². The summed E-state index contributed by atoms with van der Waals surface area (Å²) < 4.78 is 31.9. The Morgan fingerprint density at radius 3 is 2.46 bits per heavy atom. The predicted octanol–water partition coefficient (Wildman–Crippen LogP) is 1.12. The lowest BCUT2D eigenvalue weighted by Crippen LogP contribution is -2.24. The molecule has 0 fully saturated rings. The van der Waals surface area contributed by atoms with E-state index in [2.05, 4.69) is 16.6 Å². The first-order valence-corrected chi connectivity index (χ1v) is 8.44. The second-order valence-corrected chi connectivity index (χ2v) is 6.45. The lowest BCUT2D eigenvalue weighted by Gasteiger charge is -2.08. The number of methoxy groups -OCH3 is 1. The summed E-state index contributed by atoms with van der Waals surface area (Å²) in [4.78, 5) is 11.0. The smallest absolute Gasteiger partial charge is 0.248 e. The van der Waals surface area contributed by atoms with Crippen LogP contribution in [0.2, 0.25) is 0 Å². The molecule has 0 aliphatic rings. The molecule has 0 heterocycles. The molecule has 0 saturated heterocycles. The Hall–Kier alpha value is -2.82. The zero-order valence-electron chi connectivity index (χ0n) is 12.9. The molecule has 2 rings (SSSR count). The van der Waals surface area contributed by atoms with Gasteiger partial charge in [0.1, 0.15) is 10.6 Å². The highest BCUT2D eigenvalue weighted by molar-refractivity contribution is 7.89. The van der Waals surface area contributed by atoms with Crippen LogP contribution in [-0.2, 0) is 10.0 Å². The van der Waals surface area contributed by atoms with Crippen LogP contribution in [0.25, 0.3) is 0 Å². The third kappa shape index (κ3) is 4.35. The van der Waals surface area contributed by atoms with Crippen molar-refractivity contribution in [3.63, 3.8) is 0 Å². The lowest BCUT2D eigenvalue weighted by molar-refractivity contribution is 0.100. The number of primary amides is 1. The molecule has 1 amide bonds. The molecule has 3 N–H and O–H groups in total. The summed E-state index contributed by atoms with van der Waals surface area (Å²) in [6, 6.07) is 12.7. The number of ether oxygens (including phenoxy) is 1. The van der Waals surface area contributed by atoms with E-state index in [-0.39, 0.29) is 17.2 Å². The molecule has 0 aromatic heterocycles. The van der Waals surface area contributed by atoms with Gasteiger partial charge in [0.15, 0.2) is 0 Å². The highest BCUT2D eigenvalue weighted by Gasteiger charge is 2.17. The maximum Gasteiger partial charge on any atom is 0.248 e. The summed E-state index contributed by atoms with van der Waals surface area (Å²) in [7, 11) is -2.31. The van der Waals surface area contributed by atoms with E-state index in [1.165, 1.54) is 13.2 Å².